The van der Waals surface area contributed by atoms with E-state index in [1.165, 1.54) is 4.90 Å². The van der Waals surface area contributed by atoms with Crippen molar-refractivity contribution in [3.05, 3.63) is 18.2 Å². The number of hydrogen-bond donors (Lipinski definition) is 1. The van der Waals surface area contributed by atoms with Gasteiger partial charge in [0, 0.05) is 25.8 Å². The summed E-state index contributed by atoms with van der Waals surface area (Å²) < 4.78 is 39.1. The Kier molecular flexibility index (Phi) is 5.64. The lowest BCUT2D eigenvalue weighted by Gasteiger charge is -2.18. The van der Waals surface area contributed by atoms with Crippen LogP contribution in [0.4, 0.5) is 13.2 Å². The third kappa shape index (κ3) is 5.32. The highest BCUT2D eigenvalue weighted by atomic mass is 19.4. The van der Waals surface area contributed by atoms with E-state index in [0.717, 1.165) is 38.2 Å². The molecule has 4 nitrogen and oxygen atoms in total. The molecule has 0 amide bonds. The maximum Gasteiger partial charge on any atom is 0.401 e. The summed E-state index contributed by atoms with van der Waals surface area (Å²) in [7, 11) is 0. The predicted octanol–water partition coefficient (Wildman–Crippen LogP) is 2.27. The molecule has 1 aliphatic rings. The van der Waals surface area contributed by atoms with Gasteiger partial charge in [-0.05, 0) is 31.8 Å². The number of hydrogen-bond acceptors (Lipinski definition) is 3. The molecule has 0 aromatic carbocycles. The van der Waals surface area contributed by atoms with Gasteiger partial charge in [-0.2, -0.15) is 13.2 Å². The van der Waals surface area contributed by atoms with E-state index < -0.39 is 12.7 Å². The second kappa shape index (κ2) is 7.26. The summed E-state index contributed by atoms with van der Waals surface area (Å²) in [5, 5.41) is 3.34. The molecule has 1 N–H and O–H groups in total. The molecular weight excluding hydrogens is 281 g/mol. The molecule has 2 heterocycles. The summed E-state index contributed by atoms with van der Waals surface area (Å²) in [5.41, 5.74) is 1.13. The minimum atomic E-state index is -4.09. The molecule has 120 valence electrons. The third-order valence-corrected chi connectivity index (χ3v) is 3.78. The van der Waals surface area contributed by atoms with E-state index in [2.05, 4.69) is 21.8 Å². The van der Waals surface area contributed by atoms with Crippen molar-refractivity contribution in [1.29, 1.82) is 0 Å². The second-order valence-electron chi connectivity index (χ2n) is 5.71. The van der Waals surface area contributed by atoms with E-state index in [9.17, 15) is 13.2 Å². The highest BCUT2D eigenvalue weighted by molar-refractivity contribution is 4.98. The molecule has 0 aliphatic carbocycles. The zero-order valence-electron chi connectivity index (χ0n) is 12.4. The van der Waals surface area contributed by atoms with Gasteiger partial charge in [-0.25, -0.2) is 4.98 Å². The average Bonchev–Trinajstić information content (AvgIpc) is 2.98. The van der Waals surface area contributed by atoms with Crippen LogP contribution in [0.15, 0.2) is 12.5 Å². The Balaban J connectivity index is 1.69. The van der Waals surface area contributed by atoms with Crippen LogP contribution in [-0.2, 0) is 13.1 Å². The van der Waals surface area contributed by atoms with Crippen LogP contribution in [0.2, 0.25) is 0 Å². The Morgan fingerprint density at radius 2 is 2.24 bits per heavy atom. The number of nitrogens with one attached hydrogen (secondary N) is 1. The number of nitrogens with zero attached hydrogens (tertiary/aromatic N) is 3. The minimum Gasteiger partial charge on any atom is -0.333 e. The van der Waals surface area contributed by atoms with Gasteiger partial charge in [0.2, 0.25) is 0 Å². The van der Waals surface area contributed by atoms with E-state index in [1.807, 2.05) is 12.5 Å². The van der Waals surface area contributed by atoms with Crippen molar-refractivity contribution in [2.75, 3.05) is 26.2 Å². The first-order valence-corrected chi connectivity index (χ1v) is 7.46. The number of aromatic nitrogens is 2. The summed E-state index contributed by atoms with van der Waals surface area (Å²) in [6, 6.07) is 0. The first-order chi connectivity index (χ1) is 9.98. The van der Waals surface area contributed by atoms with Gasteiger partial charge in [0.15, 0.2) is 0 Å². The lowest BCUT2D eigenvalue weighted by Crippen LogP contribution is -2.33. The predicted molar refractivity (Wildman–Crippen MR) is 74.8 cm³/mol. The molecule has 1 aromatic heterocycles. The molecule has 1 aliphatic heterocycles. The number of rotatable bonds is 7. The maximum atomic E-state index is 12.3. The molecule has 1 aromatic rings. The zero-order valence-corrected chi connectivity index (χ0v) is 12.4. The van der Waals surface area contributed by atoms with Crippen LogP contribution >= 0.6 is 0 Å². The fraction of sp³-hybridized carbons (Fsp3) is 0.786. The van der Waals surface area contributed by atoms with Crippen LogP contribution in [-0.4, -0.2) is 46.8 Å². The highest BCUT2D eigenvalue weighted by Gasteiger charge is 2.34. The van der Waals surface area contributed by atoms with Gasteiger partial charge in [-0.3, -0.25) is 4.90 Å². The number of alkyl halides is 3. The molecule has 1 atom stereocenters. The second-order valence-corrected chi connectivity index (χ2v) is 5.71. The van der Waals surface area contributed by atoms with Crippen molar-refractivity contribution in [2.24, 2.45) is 5.92 Å². The first kappa shape index (κ1) is 16.3. The van der Waals surface area contributed by atoms with Gasteiger partial charge in [-0.15, -0.1) is 0 Å². The van der Waals surface area contributed by atoms with Crippen molar-refractivity contribution >= 4 is 0 Å². The molecule has 1 saturated heterocycles. The van der Waals surface area contributed by atoms with E-state index >= 15 is 0 Å². The Morgan fingerprint density at radius 3 is 2.95 bits per heavy atom. The Morgan fingerprint density at radius 1 is 1.43 bits per heavy atom. The fourth-order valence-electron chi connectivity index (χ4n) is 2.82. The third-order valence-electron chi connectivity index (χ3n) is 3.78. The van der Waals surface area contributed by atoms with E-state index in [4.69, 9.17) is 0 Å². The van der Waals surface area contributed by atoms with Crippen molar-refractivity contribution in [3.8, 4) is 0 Å². The van der Waals surface area contributed by atoms with Crippen molar-refractivity contribution in [3.63, 3.8) is 0 Å². The minimum absolute atomic E-state index is 0.301. The average molecular weight is 304 g/mol. The lowest BCUT2D eigenvalue weighted by molar-refractivity contribution is -0.143. The van der Waals surface area contributed by atoms with E-state index in [1.54, 1.807) is 0 Å². The van der Waals surface area contributed by atoms with Gasteiger partial charge in [-0.1, -0.05) is 6.92 Å². The fourth-order valence-corrected chi connectivity index (χ4v) is 2.82. The van der Waals surface area contributed by atoms with Crippen molar-refractivity contribution in [1.82, 2.24) is 19.8 Å². The van der Waals surface area contributed by atoms with Gasteiger partial charge in [0.25, 0.3) is 0 Å². The molecule has 21 heavy (non-hydrogen) atoms. The van der Waals surface area contributed by atoms with Gasteiger partial charge in [0.1, 0.15) is 0 Å². The van der Waals surface area contributed by atoms with Crippen LogP contribution in [0.3, 0.4) is 0 Å². The molecule has 0 saturated carbocycles. The number of likely N-dealkylation sites (tertiary alicyclic amines) is 1. The maximum absolute atomic E-state index is 12.3. The molecule has 1 fully saturated rings. The summed E-state index contributed by atoms with van der Waals surface area (Å²) in [4.78, 5) is 5.63. The standard InChI is InChI=1S/C14H23F3N4/c1-2-4-21-11-19-8-13(21)7-18-6-12-3-5-20(9-12)10-14(15,16)17/h8,11-12,18H,2-7,9-10H2,1H3. The summed E-state index contributed by atoms with van der Waals surface area (Å²) in [6.07, 6.45) is 1.46. The normalized spacial score (nSPS) is 20.3. The van der Waals surface area contributed by atoms with E-state index in [0.29, 0.717) is 19.0 Å². The monoisotopic (exact) mass is 304 g/mol. The van der Waals surface area contributed by atoms with Crippen LogP contribution in [0.25, 0.3) is 0 Å². The van der Waals surface area contributed by atoms with Gasteiger partial charge < -0.3 is 9.88 Å². The topological polar surface area (TPSA) is 33.1 Å². The number of halogens is 3. The molecule has 2 rings (SSSR count). The number of aryl methyl sites for hydroxylation is 1. The van der Waals surface area contributed by atoms with Crippen molar-refractivity contribution in [2.45, 2.75) is 39.0 Å². The number of imidazole rings is 1. The van der Waals surface area contributed by atoms with Crippen LogP contribution < -0.4 is 5.32 Å². The smallest absolute Gasteiger partial charge is 0.333 e. The first-order valence-electron chi connectivity index (χ1n) is 7.46. The Hall–Kier alpha value is -1.08. The Labute approximate surface area is 123 Å². The van der Waals surface area contributed by atoms with Crippen LogP contribution in [0.1, 0.15) is 25.5 Å². The molecule has 1 unspecified atom stereocenters. The summed E-state index contributed by atoms with van der Waals surface area (Å²) in [6.45, 7) is 4.82. The quantitative estimate of drug-likeness (QED) is 0.839. The van der Waals surface area contributed by atoms with Crippen LogP contribution in [0, 0.1) is 5.92 Å². The summed E-state index contributed by atoms with van der Waals surface area (Å²) >= 11 is 0. The SMILES string of the molecule is CCCn1cncc1CNCC1CCN(CC(F)(F)F)C1. The molecule has 7 heteroatoms. The van der Waals surface area contributed by atoms with Gasteiger partial charge in [0.05, 0.1) is 18.6 Å². The Bertz CT molecular complexity index is 430. The highest BCUT2D eigenvalue weighted by Crippen LogP contribution is 2.22. The van der Waals surface area contributed by atoms with E-state index in [-0.39, 0.29) is 0 Å². The molecule has 0 bridgehead atoms. The van der Waals surface area contributed by atoms with Gasteiger partial charge >= 0.3 is 6.18 Å². The molecular formula is C14H23F3N4. The van der Waals surface area contributed by atoms with Crippen molar-refractivity contribution < 1.29 is 13.2 Å². The zero-order chi connectivity index (χ0) is 15.3. The largest absolute Gasteiger partial charge is 0.401 e. The molecule has 0 radical (unpaired) electrons. The summed E-state index contributed by atoms with van der Waals surface area (Å²) in [5.74, 6) is 0.301. The lowest BCUT2D eigenvalue weighted by atomic mass is 10.1. The van der Waals surface area contributed by atoms with Crippen LogP contribution in [0.5, 0.6) is 0 Å². The molecule has 0 spiro atoms.